The molecule has 2 heterocycles. The van der Waals surface area contributed by atoms with Crippen LogP contribution in [0.25, 0.3) is 22.1 Å². The second kappa shape index (κ2) is 6.33. The minimum atomic E-state index is -0.246. The molecule has 4 aromatic rings. The van der Waals surface area contributed by atoms with Crippen LogP contribution < -0.4 is 4.74 Å². The second-order valence-corrected chi connectivity index (χ2v) is 6.34. The molecule has 0 saturated carbocycles. The molecule has 0 amide bonds. The van der Waals surface area contributed by atoms with E-state index in [9.17, 15) is 4.39 Å². The van der Waals surface area contributed by atoms with E-state index >= 15 is 0 Å². The van der Waals surface area contributed by atoms with Gasteiger partial charge in [0.15, 0.2) is 5.65 Å². The number of thioether (sulfide) groups is 1. The molecule has 0 N–H and O–H groups in total. The van der Waals surface area contributed by atoms with Crippen LogP contribution >= 0.6 is 11.8 Å². The van der Waals surface area contributed by atoms with E-state index < -0.39 is 0 Å². The van der Waals surface area contributed by atoms with E-state index in [0.717, 1.165) is 33.4 Å². The zero-order chi connectivity index (χ0) is 17.4. The van der Waals surface area contributed by atoms with Crippen molar-refractivity contribution in [3.63, 3.8) is 0 Å². The number of hydrogen-bond donors (Lipinski definition) is 0. The van der Waals surface area contributed by atoms with Crippen LogP contribution in [-0.4, -0.2) is 33.1 Å². The Hall–Kier alpha value is -2.67. The van der Waals surface area contributed by atoms with Gasteiger partial charge in [-0.25, -0.2) is 9.37 Å². The van der Waals surface area contributed by atoms with Crippen molar-refractivity contribution in [2.75, 3.05) is 13.4 Å². The molecule has 0 aliphatic carbocycles. The third-order valence-corrected chi connectivity index (χ3v) is 4.63. The number of halogens is 1. The predicted octanol–water partition coefficient (Wildman–Crippen LogP) is 3.90. The van der Waals surface area contributed by atoms with Crippen molar-refractivity contribution < 1.29 is 9.13 Å². The summed E-state index contributed by atoms with van der Waals surface area (Å²) in [6.07, 6.45) is 1.92. The summed E-state index contributed by atoms with van der Waals surface area (Å²) < 4.78 is 20.6. The van der Waals surface area contributed by atoms with Gasteiger partial charge in [-0.15, -0.1) is 10.2 Å². The van der Waals surface area contributed by atoms with Crippen LogP contribution in [0.1, 0.15) is 5.56 Å². The van der Waals surface area contributed by atoms with Crippen LogP contribution in [-0.2, 0) is 6.54 Å². The van der Waals surface area contributed by atoms with E-state index in [0.29, 0.717) is 11.7 Å². The van der Waals surface area contributed by atoms with Crippen LogP contribution in [0.4, 0.5) is 4.39 Å². The highest BCUT2D eigenvalue weighted by Gasteiger charge is 2.16. The highest BCUT2D eigenvalue weighted by Crippen LogP contribution is 2.30. The maximum atomic E-state index is 13.2. The Morgan fingerprint density at radius 1 is 1.12 bits per heavy atom. The molecule has 7 heteroatoms. The maximum Gasteiger partial charge on any atom is 0.210 e. The van der Waals surface area contributed by atoms with Gasteiger partial charge in [0, 0.05) is 11.9 Å². The molecule has 0 aliphatic rings. The highest BCUT2D eigenvalue weighted by molar-refractivity contribution is 7.98. The number of fused-ring (bicyclic) bond motifs is 3. The lowest BCUT2D eigenvalue weighted by molar-refractivity contribution is 0.415. The molecule has 5 nitrogen and oxygen atoms in total. The molecular formula is C18H15FN4OS. The minimum Gasteiger partial charge on any atom is -0.497 e. The number of aromatic nitrogens is 4. The molecule has 126 valence electrons. The molecule has 0 fully saturated rings. The van der Waals surface area contributed by atoms with E-state index in [4.69, 9.17) is 4.74 Å². The van der Waals surface area contributed by atoms with Crippen molar-refractivity contribution in [3.8, 4) is 5.75 Å². The lowest BCUT2D eigenvalue weighted by Crippen LogP contribution is -2.02. The number of benzene rings is 2. The average Bonchev–Trinajstić information content (AvgIpc) is 2.96. The van der Waals surface area contributed by atoms with Crippen LogP contribution in [0, 0.1) is 5.82 Å². The summed E-state index contributed by atoms with van der Waals surface area (Å²) in [6, 6.07) is 12.3. The second-order valence-electron chi connectivity index (χ2n) is 5.57. The van der Waals surface area contributed by atoms with E-state index in [1.165, 1.54) is 23.9 Å². The SMILES string of the molecule is COc1ccc2c(c1)c1nnc(SC)nc1n2Cc1ccc(F)cc1. The van der Waals surface area contributed by atoms with Gasteiger partial charge in [0.05, 0.1) is 12.6 Å². The molecule has 0 aliphatic heterocycles. The van der Waals surface area contributed by atoms with Crippen molar-refractivity contribution >= 4 is 33.8 Å². The summed E-state index contributed by atoms with van der Waals surface area (Å²) >= 11 is 1.45. The topological polar surface area (TPSA) is 52.8 Å². The number of nitrogens with zero attached hydrogens (tertiary/aromatic N) is 4. The van der Waals surface area contributed by atoms with Gasteiger partial charge in [-0.05, 0) is 42.2 Å². The van der Waals surface area contributed by atoms with Crippen LogP contribution in [0.3, 0.4) is 0 Å². The Balaban J connectivity index is 1.96. The first-order chi connectivity index (χ1) is 12.2. The Kier molecular flexibility index (Phi) is 4.01. The van der Waals surface area contributed by atoms with Crippen molar-refractivity contribution in [2.24, 2.45) is 0 Å². The first-order valence-corrected chi connectivity index (χ1v) is 8.91. The molecule has 4 rings (SSSR count). The third-order valence-electron chi connectivity index (χ3n) is 4.09. The Morgan fingerprint density at radius 2 is 1.92 bits per heavy atom. The number of hydrogen-bond acceptors (Lipinski definition) is 5. The number of ether oxygens (including phenoxy) is 1. The first kappa shape index (κ1) is 15.8. The van der Waals surface area contributed by atoms with Crippen molar-refractivity contribution in [3.05, 3.63) is 53.8 Å². The van der Waals surface area contributed by atoms with Gasteiger partial charge in [-0.2, -0.15) is 0 Å². The monoisotopic (exact) mass is 354 g/mol. The van der Waals surface area contributed by atoms with Crippen LogP contribution in [0.15, 0.2) is 47.6 Å². The molecule has 0 bridgehead atoms. The largest absolute Gasteiger partial charge is 0.497 e. The fourth-order valence-electron chi connectivity index (χ4n) is 2.87. The molecule has 25 heavy (non-hydrogen) atoms. The fourth-order valence-corrected chi connectivity index (χ4v) is 3.17. The molecule has 0 atom stereocenters. The minimum absolute atomic E-state index is 0.246. The van der Waals surface area contributed by atoms with Gasteiger partial charge in [0.25, 0.3) is 0 Å². The maximum absolute atomic E-state index is 13.2. The summed E-state index contributed by atoms with van der Waals surface area (Å²) in [4.78, 5) is 4.64. The van der Waals surface area contributed by atoms with Gasteiger partial charge < -0.3 is 9.30 Å². The summed E-state index contributed by atoms with van der Waals surface area (Å²) in [6.45, 7) is 0.569. The molecule has 2 aromatic carbocycles. The third kappa shape index (κ3) is 2.80. The first-order valence-electron chi connectivity index (χ1n) is 7.68. The van der Waals surface area contributed by atoms with E-state index in [-0.39, 0.29) is 5.82 Å². The van der Waals surface area contributed by atoms with E-state index in [2.05, 4.69) is 19.7 Å². The molecule has 0 unspecified atom stereocenters. The highest BCUT2D eigenvalue weighted by atomic mass is 32.2. The summed E-state index contributed by atoms with van der Waals surface area (Å²) in [5.41, 5.74) is 3.46. The van der Waals surface area contributed by atoms with Gasteiger partial charge in [-0.3, -0.25) is 0 Å². The smallest absolute Gasteiger partial charge is 0.210 e. The van der Waals surface area contributed by atoms with Crippen molar-refractivity contribution in [1.29, 1.82) is 0 Å². The summed E-state index contributed by atoms with van der Waals surface area (Å²) in [7, 11) is 1.63. The van der Waals surface area contributed by atoms with Crippen molar-refractivity contribution in [1.82, 2.24) is 19.7 Å². The number of methoxy groups -OCH3 is 1. The lowest BCUT2D eigenvalue weighted by Gasteiger charge is -2.07. The van der Waals surface area contributed by atoms with Crippen molar-refractivity contribution in [2.45, 2.75) is 11.7 Å². The van der Waals surface area contributed by atoms with Crippen LogP contribution in [0.5, 0.6) is 5.75 Å². The summed E-state index contributed by atoms with van der Waals surface area (Å²) in [5.74, 6) is 0.508. The van der Waals surface area contributed by atoms with Gasteiger partial charge in [-0.1, -0.05) is 23.9 Å². The van der Waals surface area contributed by atoms with E-state index in [1.807, 2.05) is 24.5 Å². The normalized spacial score (nSPS) is 11.3. The quantitative estimate of drug-likeness (QED) is 0.520. The Labute approximate surface area is 147 Å². The molecule has 0 spiro atoms. The summed E-state index contributed by atoms with van der Waals surface area (Å²) in [5, 5.41) is 10.1. The fraction of sp³-hybridized carbons (Fsp3) is 0.167. The van der Waals surface area contributed by atoms with Gasteiger partial charge >= 0.3 is 0 Å². The lowest BCUT2D eigenvalue weighted by atomic mass is 10.2. The molecular weight excluding hydrogens is 339 g/mol. The van der Waals surface area contributed by atoms with Gasteiger partial charge in [0.1, 0.15) is 17.1 Å². The standard InChI is InChI=1S/C18H15FN4OS/c1-24-13-7-8-15-14(9-13)16-17(20-18(25-2)22-21-16)23(15)10-11-3-5-12(19)6-4-11/h3-9H,10H2,1-2H3. The average molecular weight is 354 g/mol. The number of rotatable bonds is 4. The molecule has 0 radical (unpaired) electrons. The molecule has 0 saturated heterocycles. The van der Waals surface area contributed by atoms with E-state index in [1.54, 1.807) is 19.2 Å². The Bertz CT molecular complexity index is 1060. The molecule has 2 aromatic heterocycles. The predicted molar refractivity (Wildman–Crippen MR) is 96.7 cm³/mol. The van der Waals surface area contributed by atoms with Crippen LogP contribution in [0.2, 0.25) is 0 Å². The zero-order valence-electron chi connectivity index (χ0n) is 13.7. The Morgan fingerprint density at radius 3 is 2.64 bits per heavy atom. The van der Waals surface area contributed by atoms with Gasteiger partial charge in [0.2, 0.25) is 5.16 Å². The zero-order valence-corrected chi connectivity index (χ0v) is 14.5.